The molecule has 9 nitrogen and oxygen atoms in total. The molecule has 1 fully saturated rings. The summed E-state index contributed by atoms with van der Waals surface area (Å²) in [6.45, 7) is 4.58. The van der Waals surface area contributed by atoms with Crippen molar-refractivity contribution in [1.82, 2.24) is 0 Å². The molecule has 0 saturated carbocycles. The van der Waals surface area contributed by atoms with Crippen molar-refractivity contribution in [3.05, 3.63) is 12.2 Å². The third-order valence-electron chi connectivity index (χ3n) is 11.2. The molecule has 0 bridgehead atoms. The molecule has 0 aliphatic carbocycles. The lowest BCUT2D eigenvalue weighted by Gasteiger charge is -2.39. The Morgan fingerprint density at radius 1 is 0.554 bits per heavy atom. The van der Waals surface area contributed by atoms with Crippen molar-refractivity contribution in [3.8, 4) is 0 Å². The van der Waals surface area contributed by atoms with E-state index in [9.17, 15) is 25.2 Å². The van der Waals surface area contributed by atoms with Crippen LogP contribution in [0.3, 0.4) is 0 Å². The molecule has 4 N–H and O–H groups in total. The van der Waals surface area contributed by atoms with E-state index in [1.165, 1.54) is 167 Å². The molecule has 1 aliphatic heterocycles. The van der Waals surface area contributed by atoms with Crippen LogP contribution in [-0.4, -0.2) is 89.6 Å². The first-order valence-corrected chi connectivity index (χ1v) is 23.8. The molecule has 1 aliphatic rings. The predicted molar refractivity (Wildman–Crippen MR) is 229 cm³/mol. The highest BCUT2D eigenvalue weighted by Gasteiger charge is 2.44. The minimum atomic E-state index is -1.53. The second kappa shape index (κ2) is 39.4. The molecule has 0 radical (unpaired) electrons. The van der Waals surface area contributed by atoms with E-state index in [-0.39, 0.29) is 19.2 Å². The largest absolute Gasteiger partial charge is 0.457 e. The maximum Gasteiger partial charge on any atom is 0.306 e. The van der Waals surface area contributed by atoms with E-state index in [4.69, 9.17) is 18.9 Å². The molecule has 0 spiro atoms. The summed E-state index contributed by atoms with van der Waals surface area (Å²) in [7, 11) is 0. The number of rotatable bonds is 41. The number of allylic oxidation sites excluding steroid dienone is 2. The standard InChI is InChI=1S/C47H90O9/c1-3-5-7-9-11-13-15-17-19-20-21-23-25-27-29-31-33-35-37-53-39-41(40-54-47-46(52)45(51)44(50)42(38-48)56-47)55-43(49)36-34-32-30-28-26-24-22-18-16-14-12-10-8-6-4-2/h17,19,41-42,44-48,50-52H,3-16,18,20-40H2,1-2H3/b19-17-. The lowest BCUT2D eigenvalue weighted by atomic mass is 9.99. The Kier molecular flexibility index (Phi) is 37.2. The molecule has 9 heteroatoms. The number of carbonyl (C=O) groups excluding carboxylic acids is 1. The highest BCUT2D eigenvalue weighted by atomic mass is 16.7. The fourth-order valence-corrected chi connectivity index (χ4v) is 7.43. The smallest absolute Gasteiger partial charge is 0.306 e. The van der Waals surface area contributed by atoms with Crippen LogP contribution in [0, 0.1) is 0 Å². The molecule has 6 atom stereocenters. The molecule has 1 heterocycles. The number of hydrogen-bond acceptors (Lipinski definition) is 9. The summed E-state index contributed by atoms with van der Waals surface area (Å²) in [6.07, 6.45) is 36.6. The molecule has 0 aromatic heterocycles. The average Bonchev–Trinajstić information content (AvgIpc) is 3.20. The van der Waals surface area contributed by atoms with Crippen LogP contribution in [-0.2, 0) is 23.7 Å². The zero-order chi connectivity index (χ0) is 40.7. The van der Waals surface area contributed by atoms with E-state index in [0.29, 0.717) is 13.0 Å². The van der Waals surface area contributed by atoms with Gasteiger partial charge in [0.1, 0.15) is 30.5 Å². The summed E-state index contributed by atoms with van der Waals surface area (Å²) >= 11 is 0. The van der Waals surface area contributed by atoms with Gasteiger partial charge in [0, 0.05) is 13.0 Å². The zero-order valence-corrected chi connectivity index (χ0v) is 36.4. The van der Waals surface area contributed by atoms with Gasteiger partial charge in [-0.05, 0) is 38.5 Å². The van der Waals surface area contributed by atoms with Crippen molar-refractivity contribution in [1.29, 1.82) is 0 Å². The van der Waals surface area contributed by atoms with Crippen LogP contribution >= 0.6 is 0 Å². The van der Waals surface area contributed by atoms with Crippen LogP contribution < -0.4 is 0 Å². The Morgan fingerprint density at radius 3 is 1.45 bits per heavy atom. The van der Waals surface area contributed by atoms with Crippen molar-refractivity contribution in [2.24, 2.45) is 0 Å². The summed E-state index contributed by atoms with van der Waals surface area (Å²) in [6, 6.07) is 0. The van der Waals surface area contributed by atoms with Gasteiger partial charge in [-0.2, -0.15) is 0 Å². The maximum atomic E-state index is 12.8. The number of esters is 1. The third kappa shape index (κ3) is 30.0. The lowest BCUT2D eigenvalue weighted by molar-refractivity contribution is -0.305. The van der Waals surface area contributed by atoms with Crippen molar-refractivity contribution >= 4 is 5.97 Å². The van der Waals surface area contributed by atoms with Crippen molar-refractivity contribution in [2.75, 3.05) is 26.4 Å². The molecular weight excluding hydrogens is 709 g/mol. The molecule has 0 amide bonds. The van der Waals surface area contributed by atoms with Gasteiger partial charge in [0.2, 0.25) is 0 Å². The third-order valence-corrected chi connectivity index (χ3v) is 11.2. The summed E-state index contributed by atoms with van der Waals surface area (Å²) in [5.41, 5.74) is 0. The van der Waals surface area contributed by atoms with Crippen LogP contribution in [0.1, 0.15) is 219 Å². The van der Waals surface area contributed by atoms with Gasteiger partial charge in [0.05, 0.1) is 19.8 Å². The first-order valence-electron chi connectivity index (χ1n) is 23.8. The highest BCUT2D eigenvalue weighted by molar-refractivity contribution is 5.69. The maximum absolute atomic E-state index is 12.8. The second-order valence-corrected chi connectivity index (χ2v) is 16.6. The van der Waals surface area contributed by atoms with Gasteiger partial charge in [-0.3, -0.25) is 4.79 Å². The first-order chi connectivity index (χ1) is 27.4. The molecule has 1 saturated heterocycles. The second-order valence-electron chi connectivity index (χ2n) is 16.6. The predicted octanol–water partition coefficient (Wildman–Crippen LogP) is 10.8. The molecule has 0 aromatic rings. The molecule has 6 unspecified atom stereocenters. The molecule has 56 heavy (non-hydrogen) atoms. The average molecular weight is 799 g/mol. The minimum Gasteiger partial charge on any atom is -0.457 e. The Morgan fingerprint density at radius 2 is 0.982 bits per heavy atom. The van der Waals surface area contributed by atoms with Crippen LogP contribution in [0.5, 0.6) is 0 Å². The fraction of sp³-hybridized carbons (Fsp3) is 0.936. The summed E-state index contributed by atoms with van der Waals surface area (Å²) in [4.78, 5) is 12.8. The fourth-order valence-electron chi connectivity index (χ4n) is 7.43. The molecule has 1 rings (SSSR count). The van der Waals surface area contributed by atoms with Gasteiger partial charge in [-0.1, -0.05) is 187 Å². The van der Waals surface area contributed by atoms with Crippen LogP contribution in [0.4, 0.5) is 0 Å². The van der Waals surface area contributed by atoms with Crippen LogP contribution in [0.15, 0.2) is 12.2 Å². The summed E-state index contributed by atoms with van der Waals surface area (Å²) in [5, 5.41) is 40.1. The monoisotopic (exact) mass is 799 g/mol. The zero-order valence-electron chi connectivity index (χ0n) is 36.4. The Bertz CT molecular complexity index is 869. The Hall–Kier alpha value is -1.07. The first kappa shape index (κ1) is 52.9. The normalized spacial score (nSPS) is 20.6. The Labute approximate surface area is 344 Å². The van der Waals surface area contributed by atoms with Gasteiger partial charge < -0.3 is 39.4 Å². The highest BCUT2D eigenvalue weighted by Crippen LogP contribution is 2.23. The SMILES string of the molecule is CCCCCCCC/C=C\CCCCCCCCCCOCC(COC1OC(CO)C(O)C(O)C1O)OC(=O)CCCCCCCCCCCCCCCCC. The van der Waals surface area contributed by atoms with Crippen molar-refractivity contribution in [3.63, 3.8) is 0 Å². The van der Waals surface area contributed by atoms with Gasteiger partial charge in [-0.15, -0.1) is 0 Å². The topological polar surface area (TPSA) is 135 Å². The van der Waals surface area contributed by atoms with Gasteiger partial charge in [0.15, 0.2) is 6.29 Å². The summed E-state index contributed by atoms with van der Waals surface area (Å²) < 4.78 is 22.9. The Balaban J connectivity index is 2.23. The van der Waals surface area contributed by atoms with E-state index in [2.05, 4.69) is 26.0 Å². The number of unbranched alkanes of at least 4 members (excludes halogenated alkanes) is 28. The van der Waals surface area contributed by atoms with Crippen molar-refractivity contribution < 1.29 is 44.2 Å². The van der Waals surface area contributed by atoms with Crippen LogP contribution in [0.25, 0.3) is 0 Å². The van der Waals surface area contributed by atoms with E-state index in [1.54, 1.807) is 0 Å². The van der Waals surface area contributed by atoms with E-state index in [0.717, 1.165) is 32.1 Å². The van der Waals surface area contributed by atoms with E-state index < -0.39 is 43.4 Å². The molecule has 0 aromatic carbocycles. The summed E-state index contributed by atoms with van der Waals surface area (Å²) in [5.74, 6) is -0.310. The molecular formula is C47H90O9. The lowest BCUT2D eigenvalue weighted by Crippen LogP contribution is -2.59. The van der Waals surface area contributed by atoms with E-state index in [1.807, 2.05) is 0 Å². The molecule has 332 valence electrons. The van der Waals surface area contributed by atoms with Gasteiger partial charge in [-0.25, -0.2) is 0 Å². The number of hydrogen-bond donors (Lipinski definition) is 4. The minimum absolute atomic E-state index is 0.109. The number of aliphatic hydroxyl groups excluding tert-OH is 4. The number of aliphatic hydroxyl groups is 4. The quantitative estimate of drug-likeness (QED) is 0.0271. The number of carbonyl (C=O) groups is 1. The van der Waals surface area contributed by atoms with Gasteiger partial charge >= 0.3 is 5.97 Å². The van der Waals surface area contributed by atoms with Crippen molar-refractivity contribution in [2.45, 2.75) is 256 Å². The van der Waals surface area contributed by atoms with Gasteiger partial charge in [0.25, 0.3) is 0 Å². The number of ether oxygens (including phenoxy) is 4. The van der Waals surface area contributed by atoms with Crippen LogP contribution in [0.2, 0.25) is 0 Å². The van der Waals surface area contributed by atoms with E-state index >= 15 is 0 Å².